The molecule has 0 saturated heterocycles. The van der Waals surface area contributed by atoms with E-state index in [9.17, 15) is 0 Å². The maximum atomic E-state index is 6.09. The number of aromatic nitrogens is 3. The van der Waals surface area contributed by atoms with Crippen molar-refractivity contribution in [2.24, 2.45) is 5.73 Å². The van der Waals surface area contributed by atoms with Crippen molar-refractivity contribution in [2.45, 2.75) is 13.0 Å². The third-order valence-electron chi connectivity index (χ3n) is 2.66. The van der Waals surface area contributed by atoms with Gasteiger partial charge in [-0.25, -0.2) is 0 Å². The third kappa shape index (κ3) is 2.76. The number of hydrogen-bond donors (Lipinski definition) is 3. The van der Waals surface area contributed by atoms with Crippen molar-refractivity contribution < 1.29 is 9.47 Å². The van der Waals surface area contributed by atoms with Crippen LogP contribution in [0.3, 0.4) is 0 Å². The van der Waals surface area contributed by atoms with Crippen LogP contribution in [0.2, 0.25) is 0 Å². The summed E-state index contributed by atoms with van der Waals surface area (Å²) in [7, 11) is 1.58. The first kappa shape index (κ1) is 13.2. The number of anilines is 1. The van der Waals surface area contributed by atoms with Crippen molar-refractivity contribution in [1.82, 2.24) is 15.2 Å². The van der Waals surface area contributed by atoms with Crippen LogP contribution in [0.25, 0.3) is 0 Å². The maximum Gasteiger partial charge on any atom is 0.239 e. The molecule has 1 aromatic heterocycles. The first-order valence-corrected chi connectivity index (χ1v) is 5.89. The lowest BCUT2D eigenvalue weighted by molar-refractivity contribution is 0.310. The van der Waals surface area contributed by atoms with E-state index in [1.165, 1.54) is 0 Å². The summed E-state index contributed by atoms with van der Waals surface area (Å²) in [5.74, 6) is 1.98. The zero-order valence-corrected chi connectivity index (χ0v) is 10.9. The third-order valence-corrected chi connectivity index (χ3v) is 2.66. The van der Waals surface area contributed by atoms with Crippen molar-refractivity contribution in [3.8, 4) is 11.5 Å². The molecule has 1 aromatic carbocycles. The van der Waals surface area contributed by atoms with Gasteiger partial charge in [-0.15, -0.1) is 5.10 Å². The Morgan fingerprint density at radius 1 is 1.37 bits per heavy atom. The Morgan fingerprint density at radius 2 is 2.16 bits per heavy atom. The monoisotopic (exact) mass is 263 g/mol. The second-order valence-electron chi connectivity index (χ2n) is 3.90. The molecular formula is C12H17N5O2. The van der Waals surface area contributed by atoms with E-state index in [1.54, 1.807) is 7.11 Å². The van der Waals surface area contributed by atoms with Gasteiger partial charge in [-0.1, -0.05) is 6.07 Å². The van der Waals surface area contributed by atoms with Crippen molar-refractivity contribution in [3.63, 3.8) is 0 Å². The molecule has 5 N–H and O–H groups in total. The topological polar surface area (TPSA) is 112 Å². The van der Waals surface area contributed by atoms with Crippen LogP contribution >= 0.6 is 0 Å². The number of nitrogens with zero attached hydrogens (tertiary/aromatic N) is 2. The number of H-pyrrole nitrogens is 1. The van der Waals surface area contributed by atoms with Crippen molar-refractivity contribution >= 4 is 5.95 Å². The van der Waals surface area contributed by atoms with Gasteiger partial charge in [0.15, 0.2) is 11.5 Å². The molecule has 19 heavy (non-hydrogen) atoms. The van der Waals surface area contributed by atoms with Gasteiger partial charge in [-0.05, 0) is 24.6 Å². The van der Waals surface area contributed by atoms with E-state index in [0.29, 0.717) is 23.9 Å². The van der Waals surface area contributed by atoms with E-state index in [1.807, 2.05) is 25.1 Å². The predicted molar refractivity (Wildman–Crippen MR) is 71.0 cm³/mol. The summed E-state index contributed by atoms with van der Waals surface area (Å²) in [6, 6.07) is 5.04. The number of methoxy groups -OCH3 is 1. The van der Waals surface area contributed by atoms with Crippen LogP contribution < -0.4 is 20.9 Å². The van der Waals surface area contributed by atoms with Gasteiger partial charge in [0.2, 0.25) is 5.95 Å². The highest BCUT2D eigenvalue weighted by Gasteiger charge is 2.15. The number of ether oxygens (including phenoxy) is 2. The lowest BCUT2D eigenvalue weighted by Crippen LogP contribution is -2.14. The summed E-state index contributed by atoms with van der Waals surface area (Å²) in [4.78, 5) is 4.02. The Balaban J connectivity index is 2.30. The summed E-state index contributed by atoms with van der Waals surface area (Å²) >= 11 is 0. The molecular weight excluding hydrogens is 246 g/mol. The first-order chi connectivity index (χ1) is 9.15. The largest absolute Gasteiger partial charge is 0.493 e. The van der Waals surface area contributed by atoms with Crippen LogP contribution in [-0.4, -0.2) is 28.9 Å². The Bertz CT molecular complexity index is 555. The molecule has 2 rings (SSSR count). The fraction of sp³-hybridized carbons (Fsp3) is 0.333. The second kappa shape index (κ2) is 5.57. The van der Waals surface area contributed by atoms with Crippen LogP contribution in [0, 0.1) is 0 Å². The molecule has 0 bridgehead atoms. The van der Waals surface area contributed by atoms with Crippen LogP contribution in [-0.2, 0) is 0 Å². The average Bonchev–Trinajstić information content (AvgIpc) is 2.85. The molecule has 1 heterocycles. The number of nitrogens with one attached hydrogen (secondary N) is 1. The predicted octanol–water partition coefficient (Wildman–Crippen LogP) is 0.842. The van der Waals surface area contributed by atoms with Gasteiger partial charge < -0.3 is 20.9 Å². The van der Waals surface area contributed by atoms with E-state index >= 15 is 0 Å². The number of nitrogen functional groups attached to an aromatic ring is 1. The summed E-state index contributed by atoms with van der Waals surface area (Å²) < 4.78 is 10.7. The summed E-state index contributed by atoms with van der Waals surface area (Å²) in [5.41, 5.74) is 12.4. The zero-order valence-electron chi connectivity index (χ0n) is 10.9. The minimum atomic E-state index is -0.450. The van der Waals surface area contributed by atoms with Gasteiger partial charge in [0.1, 0.15) is 5.82 Å². The summed E-state index contributed by atoms with van der Waals surface area (Å²) in [5, 5.41) is 6.46. The fourth-order valence-electron chi connectivity index (χ4n) is 1.74. The van der Waals surface area contributed by atoms with E-state index in [4.69, 9.17) is 20.9 Å². The van der Waals surface area contributed by atoms with Gasteiger partial charge >= 0.3 is 0 Å². The van der Waals surface area contributed by atoms with E-state index in [-0.39, 0.29) is 5.95 Å². The van der Waals surface area contributed by atoms with Crippen molar-refractivity contribution in [1.29, 1.82) is 0 Å². The molecule has 2 aromatic rings. The quantitative estimate of drug-likeness (QED) is 0.737. The highest BCUT2D eigenvalue weighted by molar-refractivity contribution is 5.44. The molecule has 0 radical (unpaired) electrons. The van der Waals surface area contributed by atoms with Gasteiger partial charge in [-0.3, -0.25) is 5.10 Å². The van der Waals surface area contributed by atoms with E-state index in [2.05, 4.69) is 15.2 Å². The standard InChI is InChI=1S/C12H17N5O2/c1-3-19-8-5-4-7(6-9(8)18-2)10(13)11-15-12(14)17-16-11/h4-6,10H,3,13H2,1-2H3,(H3,14,15,16,17)/t10-/m0/s1. The molecule has 7 heteroatoms. The highest BCUT2D eigenvalue weighted by Crippen LogP contribution is 2.30. The summed E-state index contributed by atoms with van der Waals surface area (Å²) in [6.07, 6.45) is 0. The van der Waals surface area contributed by atoms with Crippen molar-refractivity contribution in [3.05, 3.63) is 29.6 Å². The smallest absolute Gasteiger partial charge is 0.239 e. The second-order valence-corrected chi connectivity index (χ2v) is 3.90. The van der Waals surface area contributed by atoms with E-state index in [0.717, 1.165) is 5.56 Å². The average molecular weight is 263 g/mol. The van der Waals surface area contributed by atoms with E-state index < -0.39 is 6.04 Å². The number of aromatic amines is 1. The molecule has 0 spiro atoms. The molecule has 0 saturated carbocycles. The normalized spacial score (nSPS) is 12.2. The first-order valence-electron chi connectivity index (χ1n) is 5.89. The summed E-state index contributed by atoms with van der Waals surface area (Å²) in [6.45, 7) is 2.48. The van der Waals surface area contributed by atoms with Gasteiger partial charge in [-0.2, -0.15) is 4.98 Å². The van der Waals surface area contributed by atoms with Gasteiger partial charge in [0.05, 0.1) is 19.8 Å². The molecule has 0 aliphatic carbocycles. The fourth-order valence-corrected chi connectivity index (χ4v) is 1.74. The number of nitrogens with two attached hydrogens (primary N) is 2. The lowest BCUT2D eigenvalue weighted by Gasteiger charge is -2.13. The number of rotatable bonds is 5. The Morgan fingerprint density at radius 3 is 2.74 bits per heavy atom. The Kier molecular flexibility index (Phi) is 3.86. The lowest BCUT2D eigenvalue weighted by atomic mass is 10.1. The minimum Gasteiger partial charge on any atom is -0.493 e. The molecule has 1 atom stereocenters. The molecule has 7 nitrogen and oxygen atoms in total. The highest BCUT2D eigenvalue weighted by atomic mass is 16.5. The Labute approximate surface area is 110 Å². The molecule has 0 amide bonds. The molecule has 0 aliphatic heterocycles. The zero-order chi connectivity index (χ0) is 13.8. The van der Waals surface area contributed by atoms with Crippen molar-refractivity contribution in [2.75, 3.05) is 19.5 Å². The van der Waals surface area contributed by atoms with Crippen LogP contribution in [0.1, 0.15) is 24.4 Å². The number of benzene rings is 1. The SMILES string of the molecule is CCOc1ccc([C@H](N)c2nc(N)n[nH]2)cc1OC. The molecule has 0 aliphatic rings. The Hall–Kier alpha value is -2.28. The maximum absolute atomic E-state index is 6.09. The van der Waals surface area contributed by atoms with Crippen LogP contribution in [0.4, 0.5) is 5.95 Å². The van der Waals surface area contributed by atoms with Crippen LogP contribution in [0.5, 0.6) is 11.5 Å². The van der Waals surface area contributed by atoms with Gasteiger partial charge in [0.25, 0.3) is 0 Å². The minimum absolute atomic E-state index is 0.170. The molecule has 102 valence electrons. The van der Waals surface area contributed by atoms with Gasteiger partial charge in [0, 0.05) is 0 Å². The number of hydrogen-bond acceptors (Lipinski definition) is 6. The molecule has 0 unspecified atom stereocenters. The van der Waals surface area contributed by atoms with Crippen LogP contribution in [0.15, 0.2) is 18.2 Å². The molecule has 0 fully saturated rings.